The average molecular weight is 1410 g/mol. The van der Waals surface area contributed by atoms with E-state index in [1.165, 1.54) is 0 Å². The minimum absolute atomic E-state index is 0.0142. The van der Waals surface area contributed by atoms with Crippen LogP contribution in [0.15, 0.2) is 0 Å². The first-order valence-electron chi connectivity index (χ1n) is 32.1. The van der Waals surface area contributed by atoms with Crippen molar-refractivity contribution in [3.63, 3.8) is 0 Å². The molecule has 0 unspecified atom stereocenters. The van der Waals surface area contributed by atoms with Crippen LogP contribution in [0, 0.1) is 0 Å². The first-order valence-corrected chi connectivity index (χ1v) is 32.1. The van der Waals surface area contributed by atoms with E-state index in [4.69, 9.17) is 163 Å². The van der Waals surface area contributed by atoms with Crippen molar-refractivity contribution in [3.05, 3.63) is 0 Å². The molecule has 0 spiro atoms. The molecule has 0 aliphatic rings. The van der Waals surface area contributed by atoms with Crippen molar-refractivity contribution in [2.45, 2.75) is 19.2 Å². The number of hydrogen-bond acceptors (Lipinski definition) is 38. The number of aliphatic hydroxyl groups excluding tert-OH is 15. The average Bonchev–Trinajstić information content (AvgIpc) is 1.79. The van der Waals surface area contributed by atoms with Gasteiger partial charge in [-0.05, 0) is 0 Å². The Labute approximate surface area is 561 Å². The molecule has 0 atom stereocenters. The Bertz CT molecular complexity index is 1200. The first-order chi connectivity index (χ1) is 46.3. The van der Waals surface area contributed by atoms with Gasteiger partial charge in [-0.1, -0.05) is 0 Å². The Balaban J connectivity index is -0.000000390. The summed E-state index contributed by atoms with van der Waals surface area (Å²) < 4.78 is 79.6. The number of ether oxygens (including phenoxy) is 15. The van der Waals surface area contributed by atoms with Crippen molar-refractivity contribution in [3.8, 4) is 0 Å². The molecule has 95 heavy (non-hydrogen) atoms. The van der Waals surface area contributed by atoms with E-state index in [-0.39, 0.29) is 84.2 Å². The van der Waals surface area contributed by atoms with Crippen LogP contribution in [-0.2, 0) is 71.1 Å². The molecule has 0 saturated heterocycles. The van der Waals surface area contributed by atoms with Gasteiger partial charge in [0, 0.05) is 78.5 Å². The predicted molar refractivity (Wildman–Crippen MR) is 340 cm³/mol. The molecule has 0 aromatic heterocycles. The predicted octanol–water partition coefficient (Wildman–Crippen LogP) is -10.6. The van der Waals surface area contributed by atoms with Gasteiger partial charge in [-0.3, -0.25) is 19.6 Å². The zero-order valence-corrected chi connectivity index (χ0v) is 56.3. The van der Waals surface area contributed by atoms with Gasteiger partial charge in [-0.25, -0.2) is 0 Å². The summed E-state index contributed by atoms with van der Waals surface area (Å²) in [7, 11) is 0. The van der Waals surface area contributed by atoms with Crippen LogP contribution in [0.3, 0.4) is 0 Å². The lowest BCUT2D eigenvalue weighted by molar-refractivity contribution is -0.346. The molecular formula is C57H129N5O33. The zero-order chi connectivity index (χ0) is 71.4. The Morgan fingerprint density at radius 1 is 0.147 bits per heavy atom. The van der Waals surface area contributed by atoms with E-state index in [0.717, 1.165) is 39.3 Å². The van der Waals surface area contributed by atoms with E-state index in [2.05, 4.69) is 9.80 Å². The van der Waals surface area contributed by atoms with Crippen molar-refractivity contribution in [1.29, 1.82) is 0 Å². The Morgan fingerprint density at radius 3 is 0.389 bits per heavy atom. The summed E-state index contributed by atoms with van der Waals surface area (Å²) >= 11 is 0. The van der Waals surface area contributed by atoms with Crippen molar-refractivity contribution < 1.29 is 163 Å². The quantitative estimate of drug-likeness (QED) is 0.0199. The van der Waals surface area contributed by atoms with Crippen molar-refractivity contribution >= 4 is 0 Å². The summed E-state index contributed by atoms with van der Waals surface area (Å²) in [5.74, 6) is 0. The third-order valence-corrected chi connectivity index (χ3v) is 11.4. The minimum atomic E-state index is -2.33. The molecule has 0 aliphatic carbocycles. The van der Waals surface area contributed by atoms with Crippen LogP contribution in [-0.4, -0.2) is 492 Å². The second kappa shape index (κ2) is 92.5. The third-order valence-electron chi connectivity index (χ3n) is 11.4. The smallest absolute Gasteiger partial charge is 0.221 e. The summed E-state index contributed by atoms with van der Waals surface area (Å²) in [6.07, 6.45) is -7.00. The van der Waals surface area contributed by atoms with Gasteiger partial charge in [0.2, 0.25) is 19.2 Å². The third kappa shape index (κ3) is 90.5. The Hall–Kier alpha value is -1.52. The number of nitrogens with zero attached hydrogens (tertiary/aromatic N) is 5. The molecule has 0 fully saturated rings. The van der Waals surface area contributed by atoms with Crippen molar-refractivity contribution in [1.82, 2.24) is 24.5 Å². The summed E-state index contributed by atoms with van der Waals surface area (Å²) in [5, 5.41) is 153. The number of rotatable bonds is 72. The lowest BCUT2D eigenvalue weighted by Gasteiger charge is -2.26. The summed E-state index contributed by atoms with van der Waals surface area (Å²) in [6, 6.07) is 0. The Morgan fingerprint density at radius 2 is 0.263 bits per heavy atom. The zero-order valence-electron chi connectivity index (χ0n) is 56.3. The molecule has 0 aliphatic heterocycles. The van der Waals surface area contributed by atoms with Gasteiger partial charge in [-0.2, -0.15) is 4.90 Å². The molecule has 0 amide bonds. The second-order valence-corrected chi connectivity index (χ2v) is 18.7. The second-order valence-electron chi connectivity index (χ2n) is 18.7. The minimum Gasteiger partial charge on any atom is -0.395 e. The number of hydrogen-bond donors (Lipinski definition) is 18. The topological polar surface area (TPSA) is 519 Å². The molecule has 0 aromatic carbocycles. The lowest BCUT2D eigenvalue weighted by atomic mass is 10.4. The van der Waals surface area contributed by atoms with Crippen LogP contribution < -0.4 is 0 Å². The van der Waals surface area contributed by atoms with Crippen LogP contribution in [0.25, 0.3) is 0 Å². The lowest BCUT2D eigenvalue weighted by Crippen LogP contribution is -2.49. The highest BCUT2D eigenvalue weighted by Gasteiger charge is 2.25. The highest BCUT2D eigenvalue weighted by atomic mass is 16.6. The molecule has 38 nitrogen and oxygen atoms in total. The molecule has 0 radical (unpaired) electrons. The van der Waals surface area contributed by atoms with Crippen molar-refractivity contribution in [2.75, 3.05) is 356 Å². The van der Waals surface area contributed by atoms with Crippen LogP contribution in [0.2, 0.25) is 0 Å². The fourth-order valence-corrected chi connectivity index (χ4v) is 6.69. The molecule has 18 N–H and O–H groups in total. The van der Waals surface area contributed by atoms with Gasteiger partial charge in [-0.15, -0.1) is 0 Å². The van der Waals surface area contributed by atoms with Gasteiger partial charge in [0.05, 0.1) is 277 Å². The van der Waals surface area contributed by atoms with Gasteiger partial charge in [0.15, 0.2) is 0 Å². The standard InChI is InChI=1S/C24H51NO12.C12H27NO6.C10H23NO5.C8H19NO4.C3H9NO6/c26-4-10-32-16-22-35-19-13-29-7-1-25(2-8-30-14-20-36-23-17-33-11-5-27)3-9-31-15-21-37-24-18-34-12-6-28;14-4-10-17-7-1-13(2-8-18-11-5-15)3-9-19-12-6-16;12-4-1-11(2-7-15-9-5-13)3-8-16-10-6-14;10-4-1-9(2-5-11)3-7-13-8-6-12;5-1(6)4(2(7)8)3(9)10/h26-28H,1-24H2;14-16H,1-12H2;12-14H,1-10H2;10-12H,1-8H2;1-3,5-10H. The van der Waals surface area contributed by atoms with E-state index in [1.54, 1.807) is 0 Å². The van der Waals surface area contributed by atoms with Crippen LogP contribution in [0.4, 0.5) is 0 Å². The van der Waals surface area contributed by atoms with Gasteiger partial charge < -0.3 is 163 Å². The largest absolute Gasteiger partial charge is 0.395 e. The molecule has 0 aromatic rings. The Kier molecular flexibility index (Phi) is 99.4. The first kappa shape index (κ1) is 102. The molecule has 0 rings (SSSR count). The molecule has 580 valence electrons. The molecular weight excluding hydrogens is 1280 g/mol. The summed E-state index contributed by atoms with van der Waals surface area (Å²) in [4.78, 5) is 8.08. The van der Waals surface area contributed by atoms with Crippen LogP contribution >= 0.6 is 0 Å². The molecule has 0 saturated carbocycles. The fraction of sp³-hybridized carbons (Fsp3) is 1.00. The van der Waals surface area contributed by atoms with Crippen LogP contribution in [0.1, 0.15) is 0 Å². The molecule has 0 heterocycles. The highest BCUT2D eigenvalue weighted by Crippen LogP contribution is 2.00. The normalized spacial score (nSPS) is 11.6. The van der Waals surface area contributed by atoms with Gasteiger partial charge >= 0.3 is 0 Å². The number of aliphatic hydroxyl groups is 18. The van der Waals surface area contributed by atoms with Crippen molar-refractivity contribution in [2.24, 2.45) is 0 Å². The van der Waals surface area contributed by atoms with Crippen LogP contribution in [0.5, 0.6) is 0 Å². The maximum absolute atomic E-state index is 8.84. The monoisotopic (exact) mass is 1410 g/mol. The van der Waals surface area contributed by atoms with E-state index < -0.39 is 19.2 Å². The summed E-state index contributed by atoms with van der Waals surface area (Å²) in [6.45, 7) is 22.3. The molecule has 0 bridgehead atoms. The maximum atomic E-state index is 8.84. The SMILES string of the molecule is OC(O)N(C(O)O)C(O)O.OCCOCCN(CCO)CCO.OCCOCCN(CCO)CCOCCO.OCCOCCN(CCOCCO)CCOCCO.OCCOCCOCCOCCN(CCOCCOCCOCCO)CCOCCOCCOCCO. The molecule has 38 heteroatoms. The van der Waals surface area contributed by atoms with Gasteiger partial charge in [0.1, 0.15) is 0 Å². The fourth-order valence-electron chi connectivity index (χ4n) is 6.69. The van der Waals surface area contributed by atoms with Gasteiger partial charge in [0.25, 0.3) is 0 Å². The van der Waals surface area contributed by atoms with E-state index in [0.29, 0.717) is 237 Å². The summed E-state index contributed by atoms with van der Waals surface area (Å²) in [5.41, 5.74) is 0. The highest BCUT2D eigenvalue weighted by molar-refractivity contribution is 4.60. The van der Waals surface area contributed by atoms with E-state index >= 15 is 0 Å². The van der Waals surface area contributed by atoms with E-state index in [9.17, 15) is 0 Å². The van der Waals surface area contributed by atoms with E-state index in [1.807, 2.05) is 9.80 Å². The maximum Gasteiger partial charge on any atom is 0.221 e.